The molecule has 0 spiro atoms. The number of nitrogens with one attached hydrogen (secondary N) is 2. The highest BCUT2D eigenvalue weighted by molar-refractivity contribution is 7.59. The molecule has 7 nitrogen and oxygen atoms in total. The van der Waals surface area contributed by atoms with E-state index in [1.807, 2.05) is 48.7 Å². The van der Waals surface area contributed by atoms with Crippen LogP contribution in [-0.4, -0.2) is 33.1 Å². The number of nitrogens with zero attached hydrogens (tertiary/aromatic N) is 3. The second kappa shape index (κ2) is 8.64. The van der Waals surface area contributed by atoms with Gasteiger partial charge >= 0.3 is 0 Å². The number of hydrazone groups is 1. The lowest BCUT2D eigenvalue weighted by Gasteiger charge is -2.09. The fourth-order valence-corrected chi connectivity index (χ4v) is 2.94. The van der Waals surface area contributed by atoms with Crippen molar-refractivity contribution in [2.24, 2.45) is 10.8 Å². The van der Waals surface area contributed by atoms with Crippen LogP contribution in [0, 0.1) is 0 Å². The van der Waals surface area contributed by atoms with Gasteiger partial charge in [-0.25, -0.2) is 5.43 Å². The molecule has 1 atom stereocenters. The third-order valence-electron chi connectivity index (χ3n) is 4.33. The fraction of sp³-hybridized carbons (Fsp3) is 0.100. The summed E-state index contributed by atoms with van der Waals surface area (Å²) in [6.45, 7) is 0. The van der Waals surface area contributed by atoms with E-state index >= 15 is 0 Å². The Morgan fingerprint density at radius 3 is 2.82 bits per heavy atom. The number of carbonyl (C=O) groups is 1. The van der Waals surface area contributed by atoms with Gasteiger partial charge in [-0.1, -0.05) is 24.3 Å². The topological polar surface area (TPSA) is 109 Å². The van der Waals surface area contributed by atoms with E-state index in [0.29, 0.717) is 6.42 Å². The molecule has 0 aliphatic heterocycles. The first-order valence-corrected chi connectivity index (χ1v) is 8.55. The van der Waals surface area contributed by atoms with Gasteiger partial charge in [0.05, 0.1) is 23.3 Å². The third-order valence-corrected chi connectivity index (χ3v) is 4.33. The van der Waals surface area contributed by atoms with Crippen LogP contribution in [0.4, 0.5) is 0 Å². The summed E-state index contributed by atoms with van der Waals surface area (Å²) in [5.74, 6) is -0.336. The minimum absolute atomic E-state index is 0. The molecular weight excluding hydrogens is 372 g/mol. The second-order valence-electron chi connectivity index (χ2n) is 6.21. The number of nitrogens with two attached hydrogens (primary N) is 1. The van der Waals surface area contributed by atoms with Crippen LogP contribution in [0.1, 0.15) is 11.1 Å². The average Bonchev–Trinajstić information content (AvgIpc) is 3.11. The SMILES string of the molecule is N[C@@H](Cc1c[nH]c2ccccc12)C(=O)N/N=C/c1ccc2nccnc2c1.S. The zero-order valence-corrected chi connectivity index (χ0v) is 16.0. The molecule has 0 fully saturated rings. The first-order chi connectivity index (χ1) is 13.2. The fourth-order valence-electron chi connectivity index (χ4n) is 2.94. The molecule has 142 valence electrons. The number of aromatic amines is 1. The molecular formula is C20H20N6OS. The van der Waals surface area contributed by atoms with E-state index in [1.165, 1.54) is 0 Å². The zero-order chi connectivity index (χ0) is 18.6. The van der Waals surface area contributed by atoms with E-state index in [4.69, 9.17) is 5.73 Å². The van der Waals surface area contributed by atoms with Gasteiger partial charge in [0.15, 0.2) is 0 Å². The lowest BCUT2D eigenvalue weighted by atomic mass is 10.1. The number of amides is 1. The molecule has 28 heavy (non-hydrogen) atoms. The largest absolute Gasteiger partial charge is 0.361 e. The summed E-state index contributed by atoms with van der Waals surface area (Å²) in [6, 6.07) is 12.8. The normalized spacial score (nSPS) is 12.2. The van der Waals surface area contributed by atoms with Crippen molar-refractivity contribution < 1.29 is 4.79 Å². The highest BCUT2D eigenvalue weighted by Gasteiger charge is 2.15. The molecule has 0 aliphatic rings. The molecule has 2 aromatic carbocycles. The van der Waals surface area contributed by atoms with Crippen molar-refractivity contribution >= 4 is 47.6 Å². The van der Waals surface area contributed by atoms with E-state index < -0.39 is 6.04 Å². The summed E-state index contributed by atoms with van der Waals surface area (Å²) in [6.07, 6.45) is 7.15. The maximum absolute atomic E-state index is 12.2. The van der Waals surface area contributed by atoms with E-state index in [2.05, 4.69) is 25.5 Å². The highest BCUT2D eigenvalue weighted by Crippen LogP contribution is 2.18. The van der Waals surface area contributed by atoms with Gasteiger partial charge < -0.3 is 10.7 Å². The molecule has 0 unspecified atom stereocenters. The van der Waals surface area contributed by atoms with Crippen molar-refractivity contribution in [3.05, 3.63) is 72.2 Å². The molecule has 2 aromatic heterocycles. The lowest BCUT2D eigenvalue weighted by molar-refractivity contribution is -0.122. The molecule has 0 saturated carbocycles. The summed E-state index contributed by atoms with van der Waals surface area (Å²) in [5, 5.41) is 5.07. The van der Waals surface area contributed by atoms with E-state index in [-0.39, 0.29) is 19.4 Å². The molecule has 0 saturated heterocycles. The number of aromatic nitrogens is 3. The van der Waals surface area contributed by atoms with Crippen molar-refractivity contribution in [1.29, 1.82) is 0 Å². The third kappa shape index (κ3) is 4.19. The Morgan fingerprint density at radius 2 is 1.96 bits per heavy atom. The Hall–Kier alpha value is -3.23. The summed E-state index contributed by atoms with van der Waals surface area (Å²) in [7, 11) is 0. The number of hydrogen-bond donors (Lipinski definition) is 3. The van der Waals surface area contributed by atoms with Gasteiger partial charge in [0.25, 0.3) is 5.91 Å². The maximum Gasteiger partial charge on any atom is 0.257 e. The van der Waals surface area contributed by atoms with E-state index in [9.17, 15) is 4.79 Å². The van der Waals surface area contributed by atoms with E-state index in [1.54, 1.807) is 18.6 Å². The molecule has 4 rings (SSSR count). The molecule has 8 heteroatoms. The predicted octanol–water partition coefficient (Wildman–Crippen LogP) is 2.24. The van der Waals surface area contributed by atoms with Gasteiger partial charge in [0.1, 0.15) is 0 Å². The number of H-pyrrole nitrogens is 1. The van der Waals surface area contributed by atoms with Gasteiger partial charge in [-0.3, -0.25) is 14.8 Å². The Balaban J connectivity index is 0.00000225. The van der Waals surface area contributed by atoms with Gasteiger partial charge in [0, 0.05) is 29.5 Å². The molecule has 0 aliphatic carbocycles. The van der Waals surface area contributed by atoms with Crippen molar-refractivity contribution in [2.75, 3.05) is 0 Å². The smallest absolute Gasteiger partial charge is 0.257 e. The number of para-hydroxylation sites is 1. The zero-order valence-electron chi connectivity index (χ0n) is 15.0. The van der Waals surface area contributed by atoms with Gasteiger partial charge in [-0.2, -0.15) is 18.6 Å². The minimum atomic E-state index is -0.691. The van der Waals surface area contributed by atoms with Crippen molar-refractivity contribution in [3.63, 3.8) is 0 Å². The average molecular weight is 392 g/mol. The molecule has 4 aromatic rings. The minimum Gasteiger partial charge on any atom is -0.361 e. The van der Waals surface area contributed by atoms with Crippen LogP contribution >= 0.6 is 13.5 Å². The second-order valence-corrected chi connectivity index (χ2v) is 6.21. The first-order valence-electron chi connectivity index (χ1n) is 8.55. The molecule has 2 heterocycles. The Kier molecular flexibility index (Phi) is 6.03. The van der Waals surface area contributed by atoms with Gasteiger partial charge in [0.2, 0.25) is 0 Å². The quantitative estimate of drug-likeness (QED) is 0.357. The monoisotopic (exact) mass is 392 g/mol. The van der Waals surface area contributed by atoms with Crippen molar-refractivity contribution in [3.8, 4) is 0 Å². The Morgan fingerprint density at radius 1 is 1.18 bits per heavy atom. The summed E-state index contributed by atoms with van der Waals surface area (Å²) >= 11 is 0. The number of benzene rings is 2. The van der Waals surface area contributed by atoms with Crippen LogP contribution in [-0.2, 0) is 11.2 Å². The van der Waals surface area contributed by atoms with Crippen LogP contribution < -0.4 is 11.2 Å². The van der Waals surface area contributed by atoms with Gasteiger partial charge in [-0.15, -0.1) is 0 Å². The summed E-state index contributed by atoms with van der Waals surface area (Å²) < 4.78 is 0. The summed E-state index contributed by atoms with van der Waals surface area (Å²) in [4.78, 5) is 23.9. The highest BCUT2D eigenvalue weighted by atomic mass is 32.1. The maximum atomic E-state index is 12.2. The van der Waals surface area contributed by atoms with Crippen molar-refractivity contribution in [2.45, 2.75) is 12.5 Å². The standard InChI is InChI=1S/C20H18N6O.H2S/c21-16(10-14-12-24-17-4-2-1-3-15(14)17)20(27)26-25-11-13-5-6-18-19(9-13)23-8-7-22-18;/h1-9,11-12,16,24H,10,21H2,(H,26,27);1H2/b25-11+;/t16-;/m0./s1. The van der Waals surface area contributed by atoms with Crippen LogP contribution in [0.25, 0.3) is 21.9 Å². The van der Waals surface area contributed by atoms with Crippen LogP contribution in [0.5, 0.6) is 0 Å². The lowest BCUT2D eigenvalue weighted by Crippen LogP contribution is -2.39. The summed E-state index contributed by atoms with van der Waals surface area (Å²) in [5.41, 5.74) is 13.0. The molecule has 4 N–H and O–H groups in total. The van der Waals surface area contributed by atoms with E-state index in [0.717, 1.165) is 33.1 Å². The Bertz CT molecular complexity index is 1140. The Labute approximate surface area is 168 Å². The molecule has 1 amide bonds. The van der Waals surface area contributed by atoms with Crippen LogP contribution in [0.2, 0.25) is 0 Å². The number of rotatable bonds is 5. The number of carbonyl (C=O) groups excluding carboxylic acids is 1. The molecule has 0 bridgehead atoms. The first kappa shape index (κ1) is 19.5. The van der Waals surface area contributed by atoms with Crippen LogP contribution in [0.15, 0.2) is 66.2 Å². The number of fused-ring (bicyclic) bond motifs is 2. The number of hydrogen-bond acceptors (Lipinski definition) is 5. The predicted molar refractivity (Wildman–Crippen MR) is 116 cm³/mol. The van der Waals surface area contributed by atoms with Crippen LogP contribution in [0.3, 0.4) is 0 Å². The van der Waals surface area contributed by atoms with Gasteiger partial charge in [-0.05, 0) is 35.7 Å². The van der Waals surface area contributed by atoms with Crippen molar-refractivity contribution in [1.82, 2.24) is 20.4 Å². The molecule has 0 radical (unpaired) electrons.